The number of benzene rings is 1. The average molecular weight is 560 g/mol. The number of aliphatic imine (C=N–C) groups is 3. The molecule has 1 aromatic rings. The molecule has 198 valence electrons. The van der Waals surface area contributed by atoms with Gasteiger partial charge in [-0.25, -0.2) is 0 Å². The van der Waals surface area contributed by atoms with Crippen molar-refractivity contribution in [1.82, 2.24) is 10.6 Å². The van der Waals surface area contributed by atoms with Gasteiger partial charge in [-0.15, -0.1) is 35.3 Å². The van der Waals surface area contributed by atoms with Gasteiger partial charge in [0, 0.05) is 24.3 Å². The summed E-state index contributed by atoms with van der Waals surface area (Å²) in [6.07, 6.45) is 1.89. The molecule has 3 aliphatic heterocycles. The molecule has 3 aliphatic rings. The molecule has 11 heteroatoms. The Morgan fingerprint density at radius 2 is 1.51 bits per heavy atom. The molecule has 0 bridgehead atoms. The molecule has 4 rings (SSSR count). The van der Waals surface area contributed by atoms with Crippen LogP contribution >= 0.6 is 35.3 Å². The molecule has 0 saturated heterocycles. The summed E-state index contributed by atoms with van der Waals surface area (Å²) in [5.41, 5.74) is -0.664. The summed E-state index contributed by atoms with van der Waals surface area (Å²) in [5.74, 6) is 0.612. The molecule has 0 radical (unpaired) electrons. The highest BCUT2D eigenvalue weighted by Gasteiger charge is 2.49. The zero-order chi connectivity index (χ0) is 26.8. The molecule has 3 heterocycles. The monoisotopic (exact) mass is 559 g/mol. The van der Waals surface area contributed by atoms with E-state index in [9.17, 15) is 14.4 Å². The van der Waals surface area contributed by atoms with E-state index in [0.717, 1.165) is 39.5 Å². The SMILES string of the molecule is CNC(=O)C(NC(=O)[C@]1(C)CSC([C@]2(C)CSC([C@]3(C)CSC(CCc4ccccc4)=N3)=N2)=N1)C(C)=O. The molecule has 0 spiro atoms. The van der Waals surface area contributed by atoms with Gasteiger partial charge in [0.2, 0.25) is 11.8 Å². The van der Waals surface area contributed by atoms with E-state index in [-0.39, 0.29) is 5.54 Å². The van der Waals surface area contributed by atoms with Crippen molar-refractivity contribution in [3.8, 4) is 0 Å². The number of ketones is 1. The average Bonchev–Trinajstić information content (AvgIpc) is 3.60. The van der Waals surface area contributed by atoms with Crippen LogP contribution in [0.5, 0.6) is 0 Å². The summed E-state index contributed by atoms with van der Waals surface area (Å²) in [4.78, 5) is 52.0. The fourth-order valence-electron chi connectivity index (χ4n) is 4.25. The van der Waals surface area contributed by atoms with Crippen LogP contribution in [0, 0.1) is 0 Å². The van der Waals surface area contributed by atoms with Gasteiger partial charge in [0.1, 0.15) is 16.6 Å². The van der Waals surface area contributed by atoms with Crippen LogP contribution in [-0.2, 0) is 20.8 Å². The first-order valence-electron chi connectivity index (χ1n) is 12.2. The second-order valence-corrected chi connectivity index (χ2v) is 13.1. The van der Waals surface area contributed by atoms with Gasteiger partial charge < -0.3 is 10.6 Å². The van der Waals surface area contributed by atoms with E-state index >= 15 is 0 Å². The molecular weight excluding hydrogens is 527 g/mol. The lowest BCUT2D eigenvalue weighted by Crippen LogP contribution is -2.55. The summed E-state index contributed by atoms with van der Waals surface area (Å²) in [5, 5.41) is 7.97. The molecule has 2 N–H and O–H groups in total. The number of Topliss-reactive ketones (excluding diaryl/α,β-unsaturated/α-hetero) is 1. The van der Waals surface area contributed by atoms with Crippen LogP contribution < -0.4 is 10.6 Å². The van der Waals surface area contributed by atoms with E-state index in [0.29, 0.717) is 5.75 Å². The van der Waals surface area contributed by atoms with Gasteiger partial charge in [-0.3, -0.25) is 29.4 Å². The number of aryl methyl sites for hydroxylation is 1. The molecule has 0 fully saturated rings. The Kier molecular flexibility index (Phi) is 8.25. The van der Waals surface area contributed by atoms with Gasteiger partial charge in [-0.2, -0.15) is 0 Å². The van der Waals surface area contributed by atoms with Crippen molar-refractivity contribution in [2.45, 2.75) is 63.2 Å². The zero-order valence-corrected chi connectivity index (χ0v) is 24.2. The molecular formula is C26H33N5O3S3. The molecule has 4 atom stereocenters. The standard InChI is InChI=1S/C26H33N5O3S3/c1-16(32)19(20(33)27-5)28-21(34)24(2)13-36-23(30-24)26(4)15-37-22(31-26)25(3)14-35-18(29-25)12-11-17-9-7-6-8-10-17/h6-10,19H,11-15H2,1-5H3,(H,27,33)(H,28,34)/t19?,24-,25-,26-/m0/s1. The van der Waals surface area contributed by atoms with E-state index in [1.54, 1.807) is 18.7 Å². The lowest BCUT2D eigenvalue weighted by Gasteiger charge is -2.23. The predicted octanol–water partition coefficient (Wildman–Crippen LogP) is 3.15. The zero-order valence-electron chi connectivity index (χ0n) is 21.8. The molecule has 1 aromatic carbocycles. The van der Waals surface area contributed by atoms with Crippen molar-refractivity contribution in [3.63, 3.8) is 0 Å². The largest absolute Gasteiger partial charge is 0.357 e. The highest BCUT2D eigenvalue weighted by Crippen LogP contribution is 2.44. The van der Waals surface area contributed by atoms with Crippen molar-refractivity contribution in [3.05, 3.63) is 35.9 Å². The maximum Gasteiger partial charge on any atom is 0.250 e. The van der Waals surface area contributed by atoms with Crippen LogP contribution in [0.15, 0.2) is 45.3 Å². The van der Waals surface area contributed by atoms with Crippen molar-refractivity contribution < 1.29 is 14.4 Å². The van der Waals surface area contributed by atoms with Crippen LogP contribution in [0.2, 0.25) is 0 Å². The molecule has 0 aromatic heterocycles. The summed E-state index contributed by atoms with van der Waals surface area (Å²) in [6, 6.07) is 9.23. The Labute approximate surface area is 230 Å². The number of hydrogen-bond donors (Lipinski definition) is 2. The summed E-state index contributed by atoms with van der Waals surface area (Å²) in [6.45, 7) is 7.22. The molecule has 0 saturated carbocycles. The van der Waals surface area contributed by atoms with E-state index in [2.05, 4.69) is 48.7 Å². The third kappa shape index (κ3) is 5.98. The normalized spacial score (nSPS) is 29.8. The number of hydrogen-bond acceptors (Lipinski definition) is 9. The topological polar surface area (TPSA) is 112 Å². The number of nitrogens with zero attached hydrogens (tertiary/aromatic N) is 3. The van der Waals surface area contributed by atoms with Crippen molar-refractivity contribution >= 4 is 68.0 Å². The number of carbonyl (C=O) groups excluding carboxylic acids is 3. The Balaban J connectivity index is 1.46. The Hall–Kier alpha value is -2.11. The summed E-state index contributed by atoms with van der Waals surface area (Å²) >= 11 is 5.04. The van der Waals surface area contributed by atoms with Gasteiger partial charge >= 0.3 is 0 Å². The third-order valence-electron chi connectivity index (χ3n) is 6.64. The van der Waals surface area contributed by atoms with Crippen LogP contribution in [-0.4, -0.2) is 79.7 Å². The van der Waals surface area contributed by atoms with Gasteiger partial charge in [-0.1, -0.05) is 30.3 Å². The first-order valence-corrected chi connectivity index (χ1v) is 15.2. The number of amides is 2. The van der Waals surface area contributed by atoms with E-state index in [1.165, 1.54) is 31.3 Å². The number of nitrogens with one attached hydrogen (secondary N) is 2. The minimum Gasteiger partial charge on any atom is -0.357 e. The van der Waals surface area contributed by atoms with E-state index in [4.69, 9.17) is 15.0 Å². The van der Waals surface area contributed by atoms with Crippen molar-refractivity contribution in [1.29, 1.82) is 0 Å². The smallest absolute Gasteiger partial charge is 0.250 e. The number of likely N-dealkylation sites (N-methyl/N-ethyl adjacent to an activating group) is 1. The summed E-state index contributed by atoms with van der Waals surface area (Å²) < 4.78 is 0. The maximum atomic E-state index is 13.1. The van der Waals surface area contributed by atoms with Crippen LogP contribution in [0.3, 0.4) is 0 Å². The Morgan fingerprint density at radius 3 is 2.19 bits per heavy atom. The maximum absolute atomic E-state index is 13.1. The first kappa shape index (κ1) is 27.9. The lowest BCUT2D eigenvalue weighted by molar-refractivity contribution is -0.136. The fourth-order valence-corrected chi connectivity index (χ4v) is 8.22. The first-order chi connectivity index (χ1) is 17.5. The molecule has 2 amide bonds. The van der Waals surface area contributed by atoms with Gasteiger partial charge in [0.25, 0.3) is 0 Å². The van der Waals surface area contributed by atoms with Gasteiger partial charge in [0.05, 0.1) is 15.1 Å². The molecule has 1 unspecified atom stereocenters. The quantitative estimate of drug-likeness (QED) is 0.450. The minimum atomic E-state index is -1.23. The van der Waals surface area contributed by atoms with E-state index < -0.39 is 34.7 Å². The van der Waals surface area contributed by atoms with Crippen LogP contribution in [0.1, 0.15) is 39.7 Å². The third-order valence-corrected chi connectivity index (χ3v) is 11.0. The number of carbonyl (C=O) groups is 3. The van der Waals surface area contributed by atoms with Gasteiger partial charge in [-0.05, 0) is 46.1 Å². The van der Waals surface area contributed by atoms with Crippen molar-refractivity contribution in [2.75, 3.05) is 24.3 Å². The summed E-state index contributed by atoms with van der Waals surface area (Å²) in [7, 11) is 1.43. The fraction of sp³-hybridized carbons (Fsp3) is 0.538. The van der Waals surface area contributed by atoms with E-state index in [1.807, 2.05) is 17.8 Å². The molecule has 37 heavy (non-hydrogen) atoms. The highest BCUT2D eigenvalue weighted by atomic mass is 32.2. The second-order valence-electron chi connectivity index (χ2n) is 10.1. The van der Waals surface area contributed by atoms with Crippen LogP contribution in [0.4, 0.5) is 0 Å². The lowest BCUT2D eigenvalue weighted by atomic mass is 10.0. The van der Waals surface area contributed by atoms with Crippen molar-refractivity contribution in [2.24, 2.45) is 15.0 Å². The second kappa shape index (κ2) is 10.9. The molecule has 8 nitrogen and oxygen atoms in total. The highest BCUT2D eigenvalue weighted by molar-refractivity contribution is 8.17. The van der Waals surface area contributed by atoms with Gasteiger partial charge in [0.15, 0.2) is 11.8 Å². The Bertz CT molecular complexity index is 1190. The van der Waals surface area contributed by atoms with Crippen LogP contribution in [0.25, 0.3) is 0 Å². The Morgan fingerprint density at radius 1 is 0.892 bits per heavy atom. The number of thioether (sulfide) groups is 3. The molecule has 0 aliphatic carbocycles. The minimum absolute atomic E-state index is 0.355. The number of rotatable bonds is 9. The predicted molar refractivity (Wildman–Crippen MR) is 156 cm³/mol.